The number of H-pyrrole nitrogens is 1. The smallest absolute Gasteiger partial charge is 0.336 e. The van der Waals surface area contributed by atoms with Gasteiger partial charge in [-0.15, -0.1) is 10.2 Å². The van der Waals surface area contributed by atoms with Crippen LogP contribution in [-0.4, -0.2) is 88.5 Å². The molecule has 0 radical (unpaired) electrons. The molecule has 1 fully saturated rings. The number of morpholine rings is 1. The van der Waals surface area contributed by atoms with E-state index in [1.54, 1.807) is 16.7 Å². The summed E-state index contributed by atoms with van der Waals surface area (Å²) in [7, 11) is -3.80. The van der Waals surface area contributed by atoms with Crippen LogP contribution in [-0.2, 0) is 21.3 Å². The first-order valence-electron chi connectivity index (χ1n) is 13.2. The van der Waals surface area contributed by atoms with Gasteiger partial charge in [-0.2, -0.15) is 0 Å². The first kappa shape index (κ1) is 27.2. The molecule has 0 bridgehead atoms. The Kier molecular flexibility index (Phi) is 7.98. The number of sulfonamides is 1. The number of imidazole rings is 1. The Balaban J connectivity index is 1.54. The van der Waals surface area contributed by atoms with Crippen LogP contribution in [0.4, 0.5) is 0 Å². The molecule has 39 heavy (non-hydrogen) atoms. The van der Waals surface area contributed by atoms with Crippen LogP contribution in [0.1, 0.15) is 27.2 Å². The molecule has 5 rings (SSSR count). The summed E-state index contributed by atoms with van der Waals surface area (Å²) in [5.74, 6) is 1.04. The molecule has 13 nitrogen and oxygen atoms in total. The number of nitrogens with zero attached hydrogens (tertiary/aromatic N) is 6. The summed E-state index contributed by atoms with van der Waals surface area (Å²) in [5.41, 5.74) is 1.47. The average Bonchev–Trinajstić information content (AvgIpc) is 3.58. The summed E-state index contributed by atoms with van der Waals surface area (Å²) in [6, 6.07) is 4.72. The van der Waals surface area contributed by atoms with Crippen molar-refractivity contribution in [3.05, 3.63) is 35.0 Å². The molecule has 1 aliphatic rings. The quantitative estimate of drug-likeness (QED) is 0.279. The van der Waals surface area contributed by atoms with Gasteiger partial charge in [0, 0.05) is 32.7 Å². The molecule has 1 aliphatic heterocycles. The second-order valence-electron chi connectivity index (χ2n) is 9.95. The van der Waals surface area contributed by atoms with Crippen LogP contribution in [0.25, 0.3) is 28.2 Å². The number of fused-ring (bicyclic) bond motifs is 3. The fourth-order valence-electron chi connectivity index (χ4n) is 4.58. The van der Waals surface area contributed by atoms with Gasteiger partial charge in [-0.3, -0.25) is 9.47 Å². The number of nitrogens with one attached hydrogen (secondary N) is 2. The molecule has 0 unspecified atom stereocenters. The SMILES string of the molecule is CCCOc1ccc(S(=O)(=O)NCCN2CCOCC2)cc1-c1nc2c([nH]1)c1nncn1c(=O)n2CC(C)C. The van der Waals surface area contributed by atoms with Gasteiger partial charge in [0.05, 0.1) is 30.3 Å². The third-order valence-corrected chi connectivity index (χ3v) is 7.96. The number of hydrogen-bond acceptors (Lipinski definition) is 9. The molecular formula is C25H34N8O5S. The van der Waals surface area contributed by atoms with Gasteiger partial charge in [-0.05, 0) is 30.5 Å². The van der Waals surface area contributed by atoms with E-state index in [0.29, 0.717) is 66.9 Å². The van der Waals surface area contributed by atoms with Crippen LogP contribution in [0.3, 0.4) is 0 Å². The lowest BCUT2D eigenvalue weighted by molar-refractivity contribution is 0.0390. The normalized spacial score (nSPS) is 15.1. The van der Waals surface area contributed by atoms with Crippen LogP contribution in [0.15, 0.2) is 34.2 Å². The minimum absolute atomic E-state index is 0.0935. The van der Waals surface area contributed by atoms with Crippen LogP contribution >= 0.6 is 0 Å². The molecule has 0 amide bonds. The highest BCUT2D eigenvalue weighted by Crippen LogP contribution is 2.32. The molecule has 0 spiro atoms. The maximum Gasteiger partial charge on any atom is 0.336 e. The second-order valence-corrected chi connectivity index (χ2v) is 11.7. The maximum atomic E-state index is 13.2. The minimum atomic E-state index is -3.80. The van der Waals surface area contributed by atoms with E-state index in [2.05, 4.69) is 24.8 Å². The van der Waals surface area contributed by atoms with Crippen molar-refractivity contribution in [2.75, 3.05) is 46.0 Å². The average molecular weight is 559 g/mol. The fourth-order valence-corrected chi connectivity index (χ4v) is 5.63. The molecule has 4 heterocycles. The van der Waals surface area contributed by atoms with E-state index in [0.717, 1.165) is 19.5 Å². The number of rotatable bonds is 11. The van der Waals surface area contributed by atoms with Crippen molar-refractivity contribution in [1.82, 2.24) is 38.8 Å². The van der Waals surface area contributed by atoms with E-state index >= 15 is 0 Å². The first-order chi connectivity index (χ1) is 18.8. The number of benzene rings is 1. The van der Waals surface area contributed by atoms with Crippen LogP contribution in [0.2, 0.25) is 0 Å². The topological polar surface area (TPSA) is 149 Å². The Morgan fingerprint density at radius 3 is 2.74 bits per heavy atom. The highest BCUT2D eigenvalue weighted by atomic mass is 32.2. The highest BCUT2D eigenvalue weighted by molar-refractivity contribution is 7.89. The molecule has 0 saturated carbocycles. The molecule has 0 aliphatic carbocycles. The summed E-state index contributed by atoms with van der Waals surface area (Å²) < 4.78 is 43.4. The Morgan fingerprint density at radius 2 is 2.00 bits per heavy atom. The predicted molar refractivity (Wildman–Crippen MR) is 145 cm³/mol. The fraction of sp³-hybridized carbons (Fsp3) is 0.520. The van der Waals surface area contributed by atoms with E-state index in [1.165, 1.54) is 16.8 Å². The largest absolute Gasteiger partial charge is 0.493 e. The first-order valence-corrected chi connectivity index (χ1v) is 14.7. The minimum Gasteiger partial charge on any atom is -0.493 e. The van der Waals surface area contributed by atoms with Crippen molar-refractivity contribution in [1.29, 1.82) is 0 Å². The lowest BCUT2D eigenvalue weighted by Crippen LogP contribution is -2.41. The molecule has 4 aromatic rings. The molecule has 1 aromatic carbocycles. The van der Waals surface area contributed by atoms with Gasteiger partial charge in [0.1, 0.15) is 23.4 Å². The highest BCUT2D eigenvalue weighted by Gasteiger charge is 2.23. The van der Waals surface area contributed by atoms with Gasteiger partial charge < -0.3 is 14.5 Å². The Hall–Kier alpha value is -3.33. The molecule has 1 saturated heterocycles. The molecule has 14 heteroatoms. The zero-order chi connectivity index (χ0) is 27.6. The summed E-state index contributed by atoms with van der Waals surface area (Å²) in [4.78, 5) is 23.4. The molecular weight excluding hydrogens is 524 g/mol. The predicted octanol–water partition coefficient (Wildman–Crippen LogP) is 1.49. The maximum absolute atomic E-state index is 13.2. The third-order valence-electron chi connectivity index (χ3n) is 6.50. The third kappa shape index (κ3) is 5.69. The van der Waals surface area contributed by atoms with Crippen molar-refractivity contribution < 1.29 is 17.9 Å². The molecule has 2 N–H and O–H groups in total. The zero-order valence-corrected chi connectivity index (χ0v) is 23.2. The van der Waals surface area contributed by atoms with Gasteiger partial charge in [-0.25, -0.2) is 27.3 Å². The van der Waals surface area contributed by atoms with Gasteiger partial charge in [0.15, 0.2) is 11.3 Å². The van der Waals surface area contributed by atoms with Crippen molar-refractivity contribution >= 4 is 26.8 Å². The monoisotopic (exact) mass is 558 g/mol. The standard InChI is InChI=1S/C25H34N8O5S/c1-4-11-38-20-6-5-18(39(35,36)27-7-8-31-9-12-37-13-10-31)14-19(20)22-28-21-23(29-22)32(15-17(2)3)25(34)33-16-26-30-24(21)33/h5-6,14,16-17,27H,4,7-13,15H2,1-3H3,(H,28,29). The summed E-state index contributed by atoms with van der Waals surface area (Å²) >= 11 is 0. The van der Waals surface area contributed by atoms with E-state index in [4.69, 9.17) is 14.5 Å². The number of aromatic nitrogens is 6. The van der Waals surface area contributed by atoms with Crippen molar-refractivity contribution in [3.63, 3.8) is 0 Å². The van der Waals surface area contributed by atoms with Crippen molar-refractivity contribution in [3.8, 4) is 17.1 Å². The number of ether oxygens (including phenoxy) is 2. The molecule has 0 atom stereocenters. The summed E-state index contributed by atoms with van der Waals surface area (Å²) in [6.07, 6.45) is 2.15. The van der Waals surface area contributed by atoms with Crippen molar-refractivity contribution in [2.45, 2.75) is 38.6 Å². The van der Waals surface area contributed by atoms with Gasteiger partial charge in [0.25, 0.3) is 0 Å². The van der Waals surface area contributed by atoms with Gasteiger partial charge in [-0.1, -0.05) is 20.8 Å². The van der Waals surface area contributed by atoms with E-state index in [-0.39, 0.29) is 23.0 Å². The van der Waals surface area contributed by atoms with Crippen LogP contribution in [0.5, 0.6) is 5.75 Å². The Morgan fingerprint density at radius 1 is 1.21 bits per heavy atom. The van der Waals surface area contributed by atoms with Gasteiger partial charge in [0.2, 0.25) is 10.0 Å². The lowest BCUT2D eigenvalue weighted by atomic mass is 10.2. The summed E-state index contributed by atoms with van der Waals surface area (Å²) in [6.45, 7) is 10.6. The number of aromatic amines is 1. The van der Waals surface area contributed by atoms with Gasteiger partial charge >= 0.3 is 5.69 Å². The Bertz CT molecular complexity index is 1620. The van der Waals surface area contributed by atoms with E-state index in [1.807, 2.05) is 20.8 Å². The van der Waals surface area contributed by atoms with Crippen LogP contribution in [0, 0.1) is 5.92 Å². The van der Waals surface area contributed by atoms with E-state index in [9.17, 15) is 13.2 Å². The lowest BCUT2D eigenvalue weighted by Gasteiger charge is -2.26. The second kappa shape index (κ2) is 11.4. The van der Waals surface area contributed by atoms with E-state index < -0.39 is 10.0 Å². The Labute approximate surface area is 226 Å². The van der Waals surface area contributed by atoms with Crippen molar-refractivity contribution in [2.24, 2.45) is 5.92 Å². The summed E-state index contributed by atoms with van der Waals surface area (Å²) in [5, 5.41) is 8.03. The number of hydrogen-bond donors (Lipinski definition) is 2. The van der Waals surface area contributed by atoms with Crippen LogP contribution < -0.4 is 15.1 Å². The molecule has 3 aromatic heterocycles. The molecule has 210 valence electrons. The zero-order valence-electron chi connectivity index (χ0n) is 22.4.